The molecule has 4 nitrogen and oxygen atoms in total. The number of thiocarbonyl (C=S) groups is 1. The summed E-state index contributed by atoms with van der Waals surface area (Å²) in [7, 11) is 1.47. The minimum absolute atomic E-state index is 0.0417. The molecule has 17 heavy (non-hydrogen) atoms. The smallest absolute Gasteiger partial charge is 0.425 e. The standard InChI is InChI=1S/C9H12F3N3OS/c1-4-6(7(13)17)8(15(3)14-4)16-5(2)9(10,11)12/h5H,1-3H3,(H2,13,17). The number of hydrogen-bond acceptors (Lipinski definition) is 3. The van der Waals surface area contributed by atoms with E-state index in [9.17, 15) is 13.2 Å². The number of aryl methyl sites for hydroxylation is 2. The fourth-order valence-corrected chi connectivity index (χ4v) is 1.53. The SMILES string of the molecule is Cc1nn(C)c(OC(C)C(F)(F)F)c1C(N)=S. The molecule has 8 heteroatoms. The van der Waals surface area contributed by atoms with Crippen LogP contribution in [0.3, 0.4) is 0 Å². The van der Waals surface area contributed by atoms with Gasteiger partial charge in [0.05, 0.1) is 11.3 Å². The van der Waals surface area contributed by atoms with E-state index in [0.29, 0.717) is 5.69 Å². The molecule has 1 aromatic rings. The Labute approximate surface area is 102 Å². The minimum Gasteiger partial charge on any atom is -0.465 e. The van der Waals surface area contributed by atoms with Gasteiger partial charge in [0.15, 0.2) is 6.10 Å². The Bertz CT molecular complexity index is 441. The fraction of sp³-hybridized carbons (Fsp3) is 0.556. The summed E-state index contributed by atoms with van der Waals surface area (Å²) in [6, 6.07) is 0. The van der Waals surface area contributed by atoms with Gasteiger partial charge in [0, 0.05) is 7.05 Å². The van der Waals surface area contributed by atoms with Gasteiger partial charge in [0.2, 0.25) is 5.88 Å². The molecular weight excluding hydrogens is 255 g/mol. The van der Waals surface area contributed by atoms with Gasteiger partial charge in [-0.05, 0) is 13.8 Å². The summed E-state index contributed by atoms with van der Waals surface area (Å²) < 4.78 is 43.2. The number of alkyl halides is 3. The van der Waals surface area contributed by atoms with Gasteiger partial charge in [-0.3, -0.25) is 0 Å². The Morgan fingerprint density at radius 1 is 1.53 bits per heavy atom. The molecule has 96 valence electrons. The highest BCUT2D eigenvalue weighted by atomic mass is 32.1. The maximum Gasteiger partial charge on any atom is 0.425 e. The highest BCUT2D eigenvalue weighted by Gasteiger charge is 2.39. The number of halogens is 3. The highest BCUT2D eigenvalue weighted by molar-refractivity contribution is 7.80. The highest BCUT2D eigenvalue weighted by Crippen LogP contribution is 2.28. The van der Waals surface area contributed by atoms with Gasteiger partial charge in [-0.15, -0.1) is 0 Å². The third-order valence-electron chi connectivity index (χ3n) is 2.17. The number of nitrogens with zero attached hydrogens (tertiary/aromatic N) is 2. The molecule has 1 atom stereocenters. The summed E-state index contributed by atoms with van der Waals surface area (Å²) in [5.41, 5.74) is 6.10. The van der Waals surface area contributed by atoms with Crippen molar-refractivity contribution in [3.8, 4) is 5.88 Å². The van der Waals surface area contributed by atoms with Crippen molar-refractivity contribution in [3.05, 3.63) is 11.3 Å². The van der Waals surface area contributed by atoms with Crippen molar-refractivity contribution in [1.82, 2.24) is 9.78 Å². The zero-order valence-corrected chi connectivity index (χ0v) is 10.3. The average molecular weight is 267 g/mol. The van der Waals surface area contributed by atoms with E-state index in [1.165, 1.54) is 11.7 Å². The summed E-state index contributed by atoms with van der Waals surface area (Å²) >= 11 is 4.76. The van der Waals surface area contributed by atoms with Crippen LogP contribution >= 0.6 is 12.2 Å². The van der Waals surface area contributed by atoms with E-state index in [4.69, 9.17) is 22.7 Å². The average Bonchev–Trinajstić information content (AvgIpc) is 2.39. The number of rotatable bonds is 3. The quantitative estimate of drug-likeness (QED) is 0.847. The summed E-state index contributed by atoms with van der Waals surface area (Å²) in [5.74, 6) is -0.0696. The molecule has 2 N–H and O–H groups in total. The van der Waals surface area contributed by atoms with Crippen LogP contribution in [0.15, 0.2) is 0 Å². The molecule has 1 rings (SSSR count). The van der Waals surface area contributed by atoms with E-state index in [2.05, 4.69) is 5.10 Å². The third-order valence-corrected chi connectivity index (χ3v) is 2.37. The molecule has 0 aliphatic heterocycles. The van der Waals surface area contributed by atoms with Crippen LogP contribution in [-0.2, 0) is 7.05 Å². The Kier molecular flexibility index (Phi) is 3.65. The first-order valence-corrected chi connectivity index (χ1v) is 5.12. The van der Waals surface area contributed by atoms with Gasteiger partial charge in [-0.1, -0.05) is 12.2 Å². The van der Waals surface area contributed by atoms with Crippen LogP contribution in [0.25, 0.3) is 0 Å². The normalized spacial score (nSPS) is 13.5. The van der Waals surface area contributed by atoms with E-state index in [1.54, 1.807) is 6.92 Å². The summed E-state index contributed by atoms with van der Waals surface area (Å²) in [6.07, 6.45) is -6.41. The van der Waals surface area contributed by atoms with Crippen molar-refractivity contribution in [2.24, 2.45) is 12.8 Å². The number of hydrogen-bond donors (Lipinski definition) is 1. The molecule has 0 aliphatic rings. The number of nitrogens with two attached hydrogens (primary N) is 1. The molecule has 1 unspecified atom stereocenters. The molecule has 0 amide bonds. The van der Waals surface area contributed by atoms with E-state index >= 15 is 0 Å². The van der Waals surface area contributed by atoms with Crippen LogP contribution in [0.4, 0.5) is 13.2 Å². The topological polar surface area (TPSA) is 53.1 Å². The van der Waals surface area contributed by atoms with E-state index in [-0.39, 0.29) is 16.4 Å². The largest absolute Gasteiger partial charge is 0.465 e. The van der Waals surface area contributed by atoms with Gasteiger partial charge in [-0.2, -0.15) is 18.3 Å². The summed E-state index contributed by atoms with van der Waals surface area (Å²) in [5, 5.41) is 3.92. The molecule has 0 saturated heterocycles. The van der Waals surface area contributed by atoms with Crippen molar-refractivity contribution < 1.29 is 17.9 Å². The summed E-state index contributed by atoms with van der Waals surface area (Å²) in [4.78, 5) is -0.0417. The fourth-order valence-electron chi connectivity index (χ4n) is 1.29. The van der Waals surface area contributed by atoms with Gasteiger partial charge in [0.1, 0.15) is 4.99 Å². The van der Waals surface area contributed by atoms with Crippen molar-refractivity contribution in [2.45, 2.75) is 26.1 Å². The van der Waals surface area contributed by atoms with Crippen LogP contribution in [-0.4, -0.2) is 27.0 Å². The molecule has 0 saturated carbocycles. The van der Waals surface area contributed by atoms with Gasteiger partial charge in [0.25, 0.3) is 0 Å². The van der Waals surface area contributed by atoms with Crippen LogP contribution in [0.2, 0.25) is 0 Å². The van der Waals surface area contributed by atoms with Crippen LogP contribution in [0, 0.1) is 6.92 Å². The zero-order valence-electron chi connectivity index (χ0n) is 9.50. The minimum atomic E-state index is -4.45. The van der Waals surface area contributed by atoms with Crippen molar-refractivity contribution in [1.29, 1.82) is 0 Å². The lowest BCUT2D eigenvalue weighted by Gasteiger charge is -2.18. The second-order valence-electron chi connectivity index (χ2n) is 3.56. The van der Waals surface area contributed by atoms with E-state index in [0.717, 1.165) is 6.92 Å². The molecular formula is C9H12F3N3OS. The maximum atomic E-state index is 12.4. The lowest BCUT2D eigenvalue weighted by atomic mass is 10.2. The Morgan fingerprint density at radius 2 is 2.06 bits per heavy atom. The van der Waals surface area contributed by atoms with Crippen molar-refractivity contribution in [2.75, 3.05) is 0 Å². The molecule has 1 heterocycles. The van der Waals surface area contributed by atoms with Gasteiger partial charge in [-0.25, -0.2) is 4.68 Å². The predicted octanol–water partition coefficient (Wildman–Crippen LogP) is 1.69. The maximum absolute atomic E-state index is 12.4. The van der Waals surface area contributed by atoms with Crippen LogP contribution in [0.1, 0.15) is 18.2 Å². The Hall–Kier alpha value is -1.31. The van der Waals surface area contributed by atoms with Gasteiger partial charge < -0.3 is 10.5 Å². The number of aromatic nitrogens is 2. The van der Waals surface area contributed by atoms with Crippen molar-refractivity contribution in [3.63, 3.8) is 0 Å². The van der Waals surface area contributed by atoms with E-state index < -0.39 is 12.3 Å². The molecule has 0 aromatic carbocycles. The lowest BCUT2D eigenvalue weighted by Crippen LogP contribution is -2.32. The second kappa shape index (κ2) is 4.52. The molecule has 0 spiro atoms. The predicted molar refractivity (Wildman–Crippen MR) is 60.0 cm³/mol. The van der Waals surface area contributed by atoms with E-state index in [1.807, 2.05) is 0 Å². The molecule has 0 fully saturated rings. The first-order valence-electron chi connectivity index (χ1n) is 4.71. The Morgan fingerprint density at radius 3 is 2.47 bits per heavy atom. The van der Waals surface area contributed by atoms with Crippen LogP contribution < -0.4 is 10.5 Å². The molecule has 1 aromatic heterocycles. The second-order valence-corrected chi connectivity index (χ2v) is 3.99. The molecule has 0 bridgehead atoms. The number of ether oxygens (including phenoxy) is 1. The van der Waals surface area contributed by atoms with Crippen LogP contribution in [0.5, 0.6) is 5.88 Å². The van der Waals surface area contributed by atoms with Crippen molar-refractivity contribution >= 4 is 17.2 Å². The lowest BCUT2D eigenvalue weighted by molar-refractivity contribution is -0.190. The molecule has 0 aliphatic carbocycles. The zero-order chi connectivity index (χ0) is 13.4. The first kappa shape index (κ1) is 13.8. The third kappa shape index (κ3) is 2.87. The van der Waals surface area contributed by atoms with Gasteiger partial charge >= 0.3 is 6.18 Å². The summed E-state index contributed by atoms with van der Waals surface area (Å²) in [6.45, 7) is 2.51. The monoisotopic (exact) mass is 267 g/mol. The first-order chi connectivity index (χ1) is 7.64. The molecule has 0 radical (unpaired) electrons. The Balaban J connectivity index is 3.10.